The van der Waals surface area contributed by atoms with Crippen LogP contribution in [0.5, 0.6) is 0 Å². The summed E-state index contributed by atoms with van der Waals surface area (Å²) in [6.45, 7) is 3.58. The maximum absolute atomic E-state index is 12.4. The SMILES string of the molecule is CCc1ccc(CC)c(C(=O)COC(=O)/C=C/c2ccc([N+](=O)[O-])o2)c1. The molecule has 2 aromatic rings. The number of aryl methyl sites for hydroxylation is 2. The van der Waals surface area contributed by atoms with Crippen LogP contribution in [0.3, 0.4) is 0 Å². The Labute approximate surface area is 150 Å². The largest absolute Gasteiger partial charge is 0.454 e. The average Bonchev–Trinajstić information content (AvgIpc) is 3.13. The summed E-state index contributed by atoms with van der Waals surface area (Å²) in [5.74, 6) is -1.28. The van der Waals surface area contributed by atoms with E-state index in [1.807, 2.05) is 32.0 Å². The van der Waals surface area contributed by atoms with E-state index in [0.717, 1.165) is 23.6 Å². The lowest BCUT2D eigenvalue weighted by Gasteiger charge is -2.09. The highest BCUT2D eigenvalue weighted by Crippen LogP contribution is 2.17. The molecule has 0 bridgehead atoms. The van der Waals surface area contributed by atoms with Crippen molar-refractivity contribution in [2.45, 2.75) is 26.7 Å². The summed E-state index contributed by atoms with van der Waals surface area (Å²) in [6, 6.07) is 8.26. The number of nitrogens with zero attached hydrogens (tertiary/aromatic N) is 1. The van der Waals surface area contributed by atoms with Crippen molar-refractivity contribution in [3.8, 4) is 0 Å². The molecule has 136 valence electrons. The lowest BCUT2D eigenvalue weighted by Crippen LogP contribution is -2.14. The highest BCUT2D eigenvalue weighted by atomic mass is 16.6. The van der Waals surface area contributed by atoms with Crippen LogP contribution in [0.4, 0.5) is 5.88 Å². The van der Waals surface area contributed by atoms with Gasteiger partial charge in [0, 0.05) is 11.6 Å². The second-order valence-electron chi connectivity index (χ2n) is 5.50. The third-order valence-electron chi connectivity index (χ3n) is 3.79. The van der Waals surface area contributed by atoms with Crippen molar-refractivity contribution < 1.29 is 23.7 Å². The molecule has 0 fully saturated rings. The molecule has 2 rings (SSSR count). The molecule has 0 saturated carbocycles. The van der Waals surface area contributed by atoms with Crippen LogP contribution in [0.1, 0.15) is 41.1 Å². The number of ketones is 1. The van der Waals surface area contributed by atoms with E-state index < -0.39 is 16.8 Å². The van der Waals surface area contributed by atoms with Gasteiger partial charge in [-0.3, -0.25) is 14.9 Å². The van der Waals surface area contributed by atoms with E-state index in [4.69, 9.17) is 9.15 Å². The Morgan fingerprint density at radius 1 is 1.19 bits per heavy atom. The van der Waals surface area contributed by atoms with Crippen LogP contribution in [-0.4, -0.2) is 23.3 Å². The molecule has 7 heteroatoms. The van der Waals surface area contributed by atoms with Gasteiger partial charge >= 0.3 is 11.9 Å². The number of benzene rings is 1. The van der Waals surface area contributed by atoms with Gasteiger partial charge in [-0.15, -0.1) is 0 Å². The summed E-state index contributed by atoms with van der Waals surface area (Å²) < 4.78 is 9.84. The van der Waals surface area contributed by atoms with Gasteiger partial charge in [0.15, 0.2) is 6.61 Å². The van der Waals surface area contributed by atoms with Gasteiger partial charge in [-0.2, -0.15) is 0 Å². The maximum Gasteiger partial charge on any atom is 0.433 e. The van der Waals surface area contributed by atoms with Crippen molar-refractivity contribution in [1.82, 2.24) is 0 Å². The van der Waals surface area contributed by atoms with E-state index in [-0.39, 0.29) is 18.2 Å². The zero-order valence-corrected chi connectivity index (χ0v) is 14.6. The molecule has 0 aliphatic rings. The molecule has 7 nitrogen and oxygen atoms in total. The molecular weight excluding hydrogens is 338 g/mol. The van der Waals surface area contributed by atoms with Gasteiger partial charge in [-0.1, -0.05) is 26.0 Å². The predicted octanol–water partition coefficient (Wildman–Crippen LogP) is 3.75. The molecule has 0 atom stereocenters. The van der Waals surface area contributed by atoms with Crippen molar-refractivity contribution in [2.75, 3.05) is 6.61 Å². The molecule has 0 radical (unpaired) electrons. The standard InChI is InChI=1S/C19H19NO6/c1-3-13-5-6-14(4-2)16(11-13)17(21)12-25-19(22)10-8-15-7-9-18(26-15)20(23)24/h5-11H,3-4,12H2,1-2H3/b10-8+. The summed E-state index contributed by atoms with van der Waals surface area (Å²) in [7, 11) is 0. The first kappa shape index (κ1) is 19.1. The number of furan rings is 1. The lowest BCUT2D eigenvalue weighted by molar-refractivity contribution is -0.402. The summed E-state index contributed by atoms with van der Waals surface area (Å²) in [5.41, 5.74) is 2.50. The highest BCUT2D eigenvalue weighted by Gasteiger charge is 2.14. The number of ether oxygens (including phenoxy) is 1. The minimum absolute atomic E-state index is 0.142. The second kappa shape index (κ2) is 8.75. The molecular formula is C19H19NO6. The van der Waals surface area contributed by atoms with Gasteiger partial charge in [-0.25, -0.2) is 4.79 Å². The zero-order valence-electron chi connectivity index (χ0n) is 14.6. The number of hydrogen-bond donors (Lipinski definition) is 0. The van der Waals surface area contributed by atoms with Crippen LogP contribution in [-0.2, 0) is 22.4 Å². The fourth-order valence-corrected chi connectivity index (χ4v) is 2.35. The quantitative estimate of drug-likeness (QED) is 0.234. The van der Waals surface area contributed by atoms with E-state index in [9.17, 15) is 19.7 Å². The Morgan fingerprint density at radius 3 is 2.58 bits per heavy atom. The molecule has 26 heavy (non-hydrogen) atoms. The predicted molar refractivity (Wildman–Crippen MR) is 94.9 cm³/mol. The zero-order chi connectivity index (χ0) is 19.1. The first-order valence-corrected chi connectivity index (χ1v) is 8.18. The van der Waals surface area contributed by atoms with Gasteiger partial charge in [0.2, 0.25) is 5.78 Å². The van der Waals surface area contributed by atoms with Gasteiger partial charge in [0.1, 0.15) is 10.7 Å². The number of rotatable bonds is 8. The second-order valence-corrected chi connectivity index (χ2v) is 5.50. The number of carbonyl (C=O) groups excluding carboxylic acids is 2. The van der Waals surface area contributed by atoms with Crippen molar-refractivity contribution in [2.24, 2.45) is 0 Å². The van der Waals surface area contributed by atoms with E-state index >= 15 is 0 Å². The fraction of sp³-hybridized carbons (Fsp3) is 0.263. The molecule has 1 aromatic carbocycles. The van der Waals surface area contributed by atoms with Crippen LogP contribution in [0.2, 0.25) is 0 Å². The molecule has 0 saturated heterocycles. The first-order valence-electron chi connectivity index (χ1n) is 8.18. The molecule has 1 aromatic heterocycles. The minimum atomic E-state index is -0.734. The Balaban J connectivity index is 1.97. The maximum atomic E-state index is 12.4. The lowest BCUT2D eigenvalue weighted by atomic mass is 9.98. The Kier molecular flexibility index (Phi) is 6.43. The van der Waals surface area contributed by atoms with Crippen LogP contribution in [0.25, 0.3) is 6.08 Å². The first-order chi connectivity index (χ1) is 12.4. The molecule has 0 amide bonds. The summed E-state index contributed by atoms with van der Waals surface area (Å²) in [6.07, 6.45) is 3.81. The van der Waals surface area contributed by atoms with Crippen LogP contribution in [0.15, 0.2) is 40.8 Å². The van der Waals surface area contributed by atoms with Gasteiger partial charge in [0.25, 0.3) is 0 Å². The van der Waals surface area contributed by atoms with E-state index in [0.29, 0.717) is 12.0 Å². The van der Waals surface area contributed by atoms with Crippen molar-refractivity contribution in [3.05, 3.63) is 69.0 Å². The molecule has 0 unspecified atom stereocenters. The molecule has 1 heterocycles. The summed E-state index contributed by atoms with van der Waals surface area (Å²) in [4.78, 5) is 33.9. The van der Waals surface area contributed by atoms with E-state index in [2.05, 4.69) is 0 Å². The van der Waals surface area contributed by atoms with Gasteiger partial charge in [0.05, 0.1) is 6.07 Å². The molecule has 0 aliphatic carbocycles. The number of esters is 1. The molecule has 0 aliphatic heterocycles. The van der Waals surface area contributed by atoms with Crippen LogP contribution < -0.4 is 0 Å². The van der Waals surface area contributed by atoms with Gasteiger partial charge in [-0.05, 0) is 42.2 Å². The van der Waals surface area contributed by atoms with Gasteiger partial charge < -0.3 is 9.15 Å². The minimum Gasteiger partial charge on any atom is -0.454 e. The summed E-state index contributed by atoms with van der Waals surface area (Å²) >= 11 is 0. The third-order valence-corrected chi connectivity index (χ3v) is 3.79. The van der Waals surface area contributed by atoms with E-state index in [1.54, 1.807) is 0 Å². The van der Waals surface area contributed by atoms with E-state index in [1.165, 1.54) is 18.2 Å². The third kappa shape index (κ3) is 4.89. The average molecular weight is 357 g/mol. The monoisotopic (exact) mass is 357 g/mol. The smallest absolute Gasteiger partial charge is 0.433 e. The summed E-state index contributed by atoms with van der Waals surface area (Å²) in [5, 5.41) is 10.5. The number of carbonyl (C=O) groups is 2. The molecule has 0 spiro atoms. The normalized spacial score (nSPS) is 10.8. The Morgan fingerprint density at radius 2 is 1.96 bits per heavy atom. The Bertz CT molecular complexity index is 849. The number of nitro groups is 1. The van der Waals surface area contributed by atoms with Crippen molar-refractivity contribution in [1.29, 1.82) is 0 Å². The van der Waals surface area contributed by atoms with Crippen molar-refractivity contribution >= 4 is 23.7 Å². The number of Topliss-reactive ketones (excluding diaryl/α,β-unsaturated/α-hetero) is 1. The Hall–Kier alpha value is -3.22. The fourth-order valence-electron chi connectivity index (χ4n) is 2.35. The van der Waals surface area contributed by atoms with Crippen LogP contribution in [0, 0.1) is 10.1 Å². The van der Waals surface area contributed by atoms with Crippen LogP contribution >= 0.6 is 0 Å². The number of hydrogen-bond acceptors (Lipinski definition) is 6. The highest BCUT2D eigenvalue weighted by molar-refractivity contribution is 6.00. The topological polar surface area (TPSA) is 99.7 Å². The van der Waals surface area contributed by atoms with Crippen molar-refractivity contribution in [3.63, 3.8) is 0 Å². The molecule has 0 N–H and O–H groups in total.